The molecular weight excluding hydrogens is 257 g/mol. The Hall–Kier alpha value is -2.30. The zero-order valence-corrected chi connectivity index (χ0v) is 11.0. The van der Waals surface area contributed by atoms with E-state index >= 15 is 0 Å². The summed E-state index contributed by atoms with van der Waals surface area (Å²) in [6.45, 7) is 0.489. The summed E-state index contributed by atoms with van der Waals surface area (Å²) in [5.74, 6) is -0.330. The molecule has 20 heavy (non-hydrogen) atoms. The number of carbonyl (C=O) groups excluding carboxylic acids is 1. The van der Waals surface area contributed by atoms with Crippen LogP contribution in [-0.4, -0.2) is 21.8 Å². The standard InChI is InChI=1S/C15H16FN3O/c16-11-3-1-10(2-4-11)9-19(13-5-6-13)15(20)14-7-12(17)8-18-14/h1-4,7-8,13,18H,5-6,9,17H2. The molecule has 0 unspecified atom stereocenters. The third kappa shape index (κ3) is 2.66. The van der Waals surface area contributed by atoms with Crippen LogP contribution >= 0.6 is 0 Å². The van der Waals surface area contributed by atoms with Crippen molar-refractivity contribution in [1.82, 2.24) is 9.88 Å². The van der Waals surface area contributed by atoms with Gasteiger partial charge in [0.05, 0.1) is 0 Å². The molecule has 2 aromatic rings. The number of carbonyl (C=O) groups is 1. The van der Waals surface area contributed by atoms with Gasteiger partial charge in [-0.3, -0.25) is 4.79 Å². The minimum atomic E-state index is -0.268. The van der Waals surface area contributed by atoms with Crippen molar-refractivity contribution in [3.05, 3.63) is 53.6 Å². The van der Waals surface area contributed by atoms with Crippen molar-refractivity contribution in [1.29, 1.82) is 0 Å². The number of H-pyrrole nitrogens is 1. The predicted molar refractivity (Wildman–Crippen MR) is 74.5 cm³/mol. The van der Waals surface area contributed by atoms with Crippen LogP contribution in [-0.2, 0) is 6.54 Å². The Morgan fingerprint density at radius 1 is 1.35 bits per heavy atom. The molecule has 3 rings (SSSR count). The fraction of sp³-hybridized carbons (Fsp3) is 0.267. The fourth-order valence-corrected chi connectivity index (χ4v) is 2.23. The summed E-state index contributed by atoms with van der Waals surface area (Å²) in [5.41, 5.74) is 7.60. The highest BCUT2D eigenvalue weighted by Crippen LogP contribution is 2.30. The van der Waals surface area contributed by atoms with Gasteiger partial charge in [0, 0.05) is 24.5 Å². The number of hydrogen-bond acceptors (Lipinski definition) is 2. The molecule has 1 aromatic carbocycles. The number of nitrogens with two attached hydrogens (primary N) is 1. The maximum atomic E-state index is 12.9. The molecule has 1 heterocycles. The van der Waals surface area contributed by atoms with Gasteiger partial charge in [0.15, 0.2) is 0 Å². The Balaban J connectivity index is 1.79. The Labute approximate surface area is 116 Å². The summed E-state index contributed by atoms with van der Waals surface area (Å²) in [4.78, 5) is 17.2. The summed E-state index contributed by atoms with van der Waals surface area (Å²) in [5, 5.41) is 0. The van der Waals surface area contributed by atoms with E-state index in [9.17, 15) is 9.18 Å². The van der Waals surface area contributed by atoms with Gasteiger partial charge < -0.3 is 15.6 Å². The Bertz CT molecular complexity index is 616. The van der Waals surface area contributed by atoms with Crippen molar-refractivity contribution in [2.24, 2.45) is 0 Å². The van der Waals surface area contributed by atoms with Crippen molar-refractivity contribution >= 4 is 11.6 Å². The number of nitrogens with zero attached hydrogens (tertiary/aromatic N) is 1. The quantitative estimate of drug-likeness (QED) is 0.899. The van der Waals surface area contributed by atoms with Gasteiger partial charge in [0.1, 0.15) is 11.5 Å². The summed E-state index contributed by atoms with van der Waals surface area (Å²) in [6, 6.07) is 8.16. The number of aromatic amines is 1. The van der Waals surface area contributed by atoms with Crippen molar-refractivity contribution in [3.63, 3.8) is 0 Å². The average Bonchev–Trinajstić information content (AvgIpc) is 3.19. The van der Waals surface area contributed by atoms with Crippen LogP contribution in [0.5, 0.6) is 0 Å². The number of benzene rings is 1. The van der Waals surface area contributed by atoms with E-state index in [1.807, 2.05) is 4.90 Å². The molecule has 0 atom stereocenters. The van der Waals surface area contributed by atoms with Crippen LogP contribution in [0.25, 0.3) is 0 Å². The van der Waals surface area contributed by atoms with Crippen LogP contribution in [0.1, 0.15) is 28.9 Å². The monoisotopic (exact) mass is 273 g/mol. The number of aromatic nitrogens is 1. The lowest BCUT2D eigenvalue weighted by Gasteiger charge is -2.22. The zero-order chi connectivity index (χ0) is 14.1. The molecule has 3 N–H and O–H groups in total. The summed E-state index contributed by atoms with van der Waals surface area (Å²) >= 11 is 0. The molecule has 0 radical (unpaired) electrons. The minimum Gasteiger partial charge on any atom is -0.397 e. The number of hydrogen-bond donors (Lipinski definition) is 2. The summed E-state index contributed by atoms with van der Waals surface area (Å²) in [7, 11) is 0. The van der Waals surface area contributed by atoms with Gasteiger partial charge >= 0.3 is 0 Å². The SMILES string of the molecule is Nc1c[nH]c(C(=O)N(Cc2ccc(F)cc2)C2CC2)c1. The van der Waals surface area contributed by atoms with Crippen molar-refractivity contribution < 1.29 is 9.18 Å². The lowest BCUT2D eigenvalue weighted by molar-refractivity contribution is 0.0724. The second-order valence-corrected chi connectivity index (χ2v) is 5.14. The fourth-order valence-electron chi connectivity index (χ4n) is 2.23. The van der Waals surface area contributed by atoms with E-state index in [0.29, 0.717) is 17.9 Å². The van der Waals surface area contributed by atoms with Gasteiger partial charge in [-0.15, -0.1) is 0 Å². The molecule has 1 amide bonds. The summed E-state index contributed by atoms with van der Waals surface area (Å²) in [6.07, 6.45) is 3.64. The van der Waals surface area contributed by atoms with Crippen molar-refractivity contribution in [2.75, 3.05) is 5.73 Å². The lowest BCUT2D eigenvalue weighted by atomic mass is 10.2. The molecule has 1 saturated carbocycles. The smallest absolute Gasteiger partial charge is 0.270 e. The van der Waals surface area contributed by atoms with Crippen LogP contribution in [0, 0.1) is 5.82 Å². The highest BCUT2D eigenvalue weighted by atomic mass is 19.1. The highest BCUT2D eigenvalue weighted by molar-refractivity contribution is 5.93. The van der Waals surface area contributed by atoms with E-state index in [1.54, 1.807) is 24.4 Å². The molecule has 1 aromatic heterocycles. The predicted octanol–water partition coefficient (Wildman–Crippen LogP) is 2.54. The van der Waals surface area contributed by atoms with E-state index < -0.39 is 0 Å². The van der Waals surface area contributed by atoms with E-state index in [2.05, 4.69) is 4.98 Å². The summed E-state index contributed by atoms with van der Waals surface area (Å²) < 4.78 is 12.9. The molecule has 1 aliphatic carbocycles. The molecule has 0 saturated heterocycles. The average molecular weight is 273 g/mol. The minimum absolute atomic E-state index is 0.0616. The first-order valence-corrected chi connectivity index (χ1v) is 6.63. The number of anilines is 1. The highest BCUT2D eigenvalue weighted by Gasteiger charge is 2.33. The molecule has 104 valence electrons. The van der Waals surface area contributed by atoms with Crippen LogP contribution in [0.3, 0.4) is 0 Å². The van der Waals surface area contributed by atoms with E-state index in [-0.39, 0.29) is 17.8 Å². The third-order valence-corrected chi connectivity index (χ3v) is 3.45. The first-order chi connectivity index (χ1) is 9.63. The number of amides is 1. The van der Waals surface area contributed by atoms with Gasteiger partial charge in [-0.2, -0.15) is 0 Å². The first kappa shape index (κ1) is 12.7. The topological polar surface area (TPSA) is 62.1 Å². The second kappa shape index (κ2) is 5.00. The van der Waals surface area contributed by atoms with Crippen molar-refractivity contribution in [2.45, 2.75) is 25.4 Å². The maximum Gasteiger partial charge on any atom is 0.270 e. The number of rotatable bonds is 4. The number of nitrogen functional groups attached to an aromatic ring is 1. The first-order valence-electron chi connectivity index (χ1n) is 6.63. The molecule has 0 spiro atoms. The zero-order valence-electron chi connectivity index (χ0n) is 11.0. The number of nitrogens with one attached hydrogen (secondary N) is 1. The van der Waals surface area contributed by atoms with Crippen LogP contribution in [0.2, 0.25) is 0 Å². The van der Waals surface area contributed by atoms with Gasteiger partial charge in [-0.05, 0) is 36.6 Å². The van der Waals surface area contributed by atoms with E-state index in [0.717, 1.165) is 18.4 Å². The molecule has 4 nitrogen and oxygen atoms in total. The maximum absolute atomic E-state index is 12.9. The lowest BCUT2D eigenvalue weighted by Crippen LogP contribution is -2.32. The molecule has 1 aliphatic rings. The van der Waals surface area contributed by atoms with Crippen molar-refractivity contribution in [3.8, 4) is 0 Å². The Kier molecular flexibility index (Phi) is 3.18. The normalized spacial score (nSPS) is 14.2. The van der Waals surface area contributed by atoms with Crippen LogP contribution < -0.4 is 5.73 Å². The Morgan fingerprint density at radius 2 is 2.05 bits per heavy atom. The number of halogens is 1. The molecule has 1 fully saturated rings. The molecule has 0 bridgehead atoms. The van der Waals surface area contributed by atoms with Gasteiger partial charge in [0.2, 0.25) is 0 Å². The van der Waals surface area contributed by atoms with Gasteiger partial charge in [-0.1, -0.05) is 12.1 Å². The second-order valence-electron chi connectivity index (χ2n) is 5.14. The molecule has 0 aliphatic heterocycles. The van der Waals surface area contributed by atoms with E-state index in [4.69, 9.17) is 5.73 Å². The van der Waals surface area contributed by atoms with Gasteiger partial charge in [-0.25, -0.2) is 4.39 Å². The van der Waals surface area contributed by atoms with Crippen LogP contribution in [0.4, 0.5) is 10.1 Å². The Morgan fingerprint density at radius 3 is 2.60 bits per heavy atom. The molecular formula is C15H16FN3O. The molecule has 5 heteroatoms. The third-order valence-electron chi connectivity index (χ3n) is 3.45. The van der Waals surface area contributed by atoms with E-state index in [1.165, 1.54) is 12.1 Å². The van der Waals surface area contributed by atoms with Crippen LogP contribution in [0.15, 0.2) is 36.5 Å². The van der Waals surface area contributed by atoms with Gasteiger partial charge in [0.25, 0.3) is 5.91 Å². The largest absolute Gasteiger partial charge is 0.397 e.